The number of esters is 1. The molecule has 0 aliphatic heterocycles. The summed E-state index contributed by atoms with van der Waals surface area (Å²) < 4.78 is 200. The van der Waals surface area contributed by atoms with E-state index in [0.717, 1.165) is 0 Å². The molecule has 0 aromatic rings. The van der Waals surface area contributed by atoms with Gasteiger partial charge in [-0.2, -0.15) is 65.9 Å². The van der Waals surface area contributed by atoms with Crippen molar-refractivity contribution < 1.29 is 75.4 Å². The number of hydrogen-bond donors (Lipinski definition) is 0. The van der Waals surface area contributed by atoms with Gasteiger partial charge in [-0.25, -0.2) is 4.79 Å². The van der Waals surface area contributed by atoms with E-state index in [0.29, 0.717) is 6.92 Å². The summed E-state index contributed by atoms with van der Waals surface area (Å²) >= 11 is 0. The van der Waals surface area contributed by atoms with Crippen LogP contribution in [0.2, 0.25) is 0 Å². The maximum atomic E-state index is 13.6. The minimum absolute atomic E-state index is 0.511. The molecule has 0 heterocycles. The van der Waals surface area contributed by atoms with Crippen molar-refractivity contribution in [2.45, 2.75) is 74.5 Å². The van der Waals surface area contributed by atoms with Crippen LogP contribution in [-0.2, 0) is 9.53 Å². The third-order valence-corrected chi connectivity index (χ3v) is 3.78. The second kappa shape index (κ2) is 8.83. The highest BCUT2D eigenvalue weighted by molar-refractivity contribution is 5.87. The molecule has 0 saturated carbocycles. The predicted molar refractivity (Wildman–Crippen MR) is 75.1 cm³/mol. The summed E-state index contributed by atoms with van der Waals surface area (Å²) in [6, 6.07) is 0. The average molecular weight is 510 g/mol. The van der Waals surface area contributed by atoms with E-state index in [1.807, 2.05) is 0 Å². The van der Waals surface area contributed by atoms with Gasteiger partial charge in [0.05, 0.1) is 0 Å². The Morgan fingerprint density at radius 3 is 1.41 bits per heavy atom. The molecule has 0 fully saturated rings. The van der Waals surface area contributed by atoms with E-state index in [1.54, 1.807) is 0 Å². The van der Waals surface area contributed by atoms with Crippen LogP contribution in [0.1, 0.15) is 32.6 Å². The topological polar surface area (TPSA) is 26.3 Å². The van der Waals surface area contributed by atoms with Crippen molar-refractivity contribution in [3.8, 4) is 0 Å². The normalized spacial score (nSPS) is 15.0. The van der Waals surface area contributed by atoms with E-state index < -0.39 is 79.1 Å². The summed E-state index contributed by atoms with van der Waals surface area (Å²) in [5.41, 5.74) is -1.15. The monoisotopic (exact) mass is 510 g/mol. The first-order valence-corrected chi connectivity index (χ1v) is 8.01. The second-order valence-corrected chi connectivity index (χ2v) is 6.51. The number of rotatable bonds is 11. The molecule has 0 aromatic heterocycles. The zero-order valence-corrected chi connectivity index (χ0v) is 15.5. The number of unbranched alkanes of at least 4 members (excludes halogenated alkanes) is 1. The molecule has 0 amide bonds. The van der Waals surface area contributed by atoms with Gasteiger partial charge < -0.3 is 4.74 Å². The molecule has 0 unspecified atom stereocenters. The zero-order chi connectivity index (χ0) is 26.2. The van der Waals surface area contributed by atoms with Crippen molar-refractivity contribution in [1.82, 2.24) is 0 Å². The summed E-state index contributed by atoms with van der Waals surface area (Å²) in [5.74, 6) is -39.9. The van der Waals surface area contributed by atoms with E-state index >= 15 is 0 Å². The van der Waals surface area contributed by atoms with Gasteiger partial charge in [-0.1, -0.05) is 6.58 Å². The lowest BCUT2D eigenvalue weighted by molar-refractivity contribution is -0.451. The van der Waals surface area contributed by atoms with Crippen LogP contribution in [-0.4, -0.2) is 47.9 Å². The number of alkyl halides is 15. The Balaban J connectivity index is 5.98. The number of halogens is 15. The van der Waals surface area contributed by atoms with Crippen LogP contribution in [0.15, 0.2) is 12.2 Å². The molecule has 0 rings (SSSR count). The molecule has 2 nitrogen and oxygen atoms in total. The van der Waals surface area contributed by atoms with Gasteiger partial charge in [0.25, 0.3) is 0 Å². The van der Waals surface area contributed by atoms with Gasteiger partial charge in [0.2, 0.25) is 0 Å². The maximum absolute atomic E-state index is 13.6. The molecule has 0 atom stereocenters. The Hall–Kier alpha value is -1.84. The van der Waals surface area contributed by atoms with Crippen molar-refractivity contribution in [2.75, 3.05) is 0 Å². The third kappa shape index (κ3) is 5.55. The molecule has 0 radical (unpaired) electrons. The fraction of sp³-hybridized carbons (Fsp3) is 0.800. The number of carbonyl (C=O) groups excluding carboxylic acids is 1. The van der Waals surface area contributed by atoms with E-state index in [4.69, 9.17) is 0 Å². The maximum Gasteiger partial charge on any atom is 0.473 e. The van der Waals surface area contributed by atoms with Gasteiger partial charge in [0.15, 0.2) is 0 Å². The van der Waals surface area contributed by atoms with E-state index in [1.165, 1.54) is 0 Å². The van der Waals surface area contributed by atoms with Crippen LogP contribution in [0.5, 0.6) is 0 Å². The molecule has 0 spiro atoms. The first-order chi connectivity index (χ1) is 13.8. The van der Waals surface area contributed by atoms with Crippen molar-refractivity contribution in [3.05, 3.63) is 12.2 Å². The lowest BCUT2D eigenvalue weighted by Gasteiger charge is -2.40. The SMILES string of the molecule is C=C(C)C(=O)OC(F)(F)C(F)(F)C(F)(F)C(F)(F)C(F)(F)C(F)(F)CCCCC(F)(F)F. The molecule has 0 aromatic carbocycles. The van der Waals surface area contributed by atoms with Gasteiger partial charge in [-0.05, 0) is 19.8 Å². The minimum atomic E-state index is -7.96. The van der Waals surface area contributed by atoms with Crippen LogP contribution in [0.4, 0.5) is 65.9 Å². The molecule has 32 heavy (non-hydrogen) atoms. The van der Waals surface area contributed by atoms with Crippen LogP contribution in [0, 0.1) is 0 Å². The van der Waals surface area contributed by atoms with Gasteiger partial charge in [-0.3, -0.25) is 0 Å². The average Bonchev–Trinajstić information content (AvgIpc) is 2.56. The van der Waals surface area contributed by atoms with Crippen LogP contribution in [0.3, 0.4) is 0 Å². The van der Waals surface area contributed by atoms with Crippen molar-refractivity contribution >= 4 is 5.97 Å². The number of ether oxygens (including phenoxy) is 1. The Morgan fingerprint density at radius 2 is 1.03 bits per heavy atom. The minimum Gasteiger partial charge on any atom is -0.393 e. The standard InChI is InChI=1S/C15H13F15O2/c1-7(2)8(31)32-15(29,30)14(27,28)13(25,26)12(23,24)11(21,22)9(16,17)5-3-4-6-10(18,19)20/h1,3-6H2,2H3. The molecular formula is C15H13F15O2. The molecule has 0 bridgehead atoms. The smallest absolute Gasteiger partial charge is 0.393 e. The van der Waals surface area contributed by atoms with Crippen molar-refractivity contribution in [1.29, 1.82) is 0 Å². The molecule has 0 aliphatic rings. The zero-order valence-electron chi connectivity index (χ0n) is 15.5. The quantitative estimate of drug-likeness (QED) is 0.130. The molecule has 0 N–H and O–H groups in total. The Bertz CT molecular complexity index is 693. The lowest BCUT2D eigenvalue weighted by atomic mass is 9.91. The van der Waals surface area contributed by atoms with Gasteiger partial charge in [0.1, 0.15) is 0 Å². The fourth-order valence-corrected chi connectivity index (χ4v) is 1.90. The summed E-state index contributed by atoms with van der Waals surface area (Å²) in [6.45, 7) is 3.09. The first-order valence-electron chi connectivity index (χ1n) is 8.01. The van der Waals surface area contributed by atoms with Crippen molar-refractivity contribution in [3.63, 3.8) is 0 Å². The highest BCUT2D eigenvalue weighted by atomic mass is 19.4. The molecule has 17 heteroatoms. The first kappa shape index (κ1) is 30.2. The summed E-state index contributed by atoms with van der Waals surface area (Å²) in [4.78, 5) is 10.8. The Kier molecular flexibility index (Phi) is 8.33. The second-order valence-electron chi connectivity index (χ2n) is 6.51. The molecule has 190 valence electrons. The predicted octanol–water partition coefficient (Wildman–Crippen LogP) is 7.00. The van der Waals surface area contributed by atoms with E-state index in [2.05, 4.69) is 11.3 Å². The van der Waals surface area contributed by atoms with Gasteiger partial charge in [-0.15, -0.1) is 0 Å². The number of carbonyl (C=O) groups is 1. The third-order valence-electron chi connectivity index (χ3n) is 3.78. The molecule has 0 aliphatic carbocycles. The largest absolute Gasteiger partial charge is 0.473 e. The van der Waals surface area contributed by atoms with Crippen LogP contribution < -0.4 is 0 Å². The van der Waals surface area contributed by atoms with Crippen LogP contribution >= 0.6 is 0 Å². The highest BCUT2D eigenvalue weighted by Gasteiger charge is 2.91. The summed E-state index contributed by atoms with van der Waals surface area (Å²) in [5, 5.41) is 0. The summed E-state index contributed by atoms with van der Waals surface area (Å²) in [7, 11) is 0. The Labute approximate surface area is 169 Å². The van der Waals surface area contributed by atoms with Gasteiger partial charge >= 0.3 is 47.9 Å². The molecular weight excluding hydrogens is 497 g/mol. The van der Waals surface area contributed by atoms with Crippen LogP contribution in [0.25, 0.3) is 0 Å². The number of hydrogen-bond acceptors (Lipinski definition) is 2. The van der Waals surface area contributed by atoms with Gasteiger partial charge in [0, 0.05) is 18.4 Å². The van der Waals surface area contributed by atoms with Crippen molar-refractivity contribution in [2.24, 2.45) is 0 Å². The fourth-order valence-electron chi connectivity index (χ4n) is 1.90. The Morgan fingerprint density at radius 1 is 0.656 bits per heavy atom. The lowest BCUT2D eigenvalue weighted by Crippen LogP contribution is -2.71. The highest BCUT2D eigenvalue weighted by Crippen LogP contribution is 2.60. The van der Waals surface area contributed by atoms with E-state index in [9.17, 15) is 70.7 Å². The molecule has 0 saturated heterocycles. The van der Waals surface area contributed by atoms with E-state index in [-0.39, 0.29) is 0 Å². The summed E-state index contributed by atoms with van der Waals surface area (Å²) in [6.07, 6.45) is -19.3.